The summed E-state index contributed by atoms with van der Waals surface area (Å²) in [6, 6.07) is 2.76. The van der Waals surface area contributed by atoms with Gasteiger partial charge in [0.1, 0.15) is 4.21 Å². The predicted octanol–water partition coefficient (Wildman–Crippen LogP) is 2.59. The van der Waals surface area contributed by atoms with Crippen LogP contribution >= 0.6 is 11.3 Å². The van der Waals surface area contributed by atoms with Crippen LogP contribution in [0.3, 0.4) is 0 Å². The Morgan fingerprint density at radius 1 is 1.20 bits per heavy atom. The summed E-state index contributed by atoms with van der Waals surface area (Å²) >= 11 is 1.01. The molecule has 0 saturated carbocycles. The summed E-state index contributed by atoms with van der Waals surface area (Å²) in [4.78, 5) is 10.1. The van der Waals surface area contributed by atoms with Gasteiger partial charge in [0.05, 0.1) is 5.00 Å². The number of piperazine rings is 1. The number of nitrogens with two attached hydrogens (primary N) is 1. The molecular weight excluding hydrogens is 507 g/mol. The Labute approximate surface area is 205 Å². The molecule has 2 aromatic rings. The molecule has 3 N–H and O–H groups in total. The summed E-state index contributed by atoms with van der Waals surface area (Å²) in [5.74, 6) is 0.503. The number of nitrogens with zero attached hydrogens (tertiary/aromatic N) is 4. The Morgan fingerprint density at radius 3 is 2.43 bits per heavy atom. The van der Waals surface area contributed by atoms with Crippen molar-refractivity contribution >= 4 is 32.3 Å². The van der Waals surface area contributed by atoms with Crippen molar-refractivity contribution in [3.8, 4) is 0 Å². The fraction of sp³-hybridized carbons (Fsp3) is 0.619. The van der Waals surface area contributed by atoms with Gasteiger partial charge in [0.2, 0.25) is 5.95 Å². The third-order valence-corrected chi connectivity index (χ3v) is 9.84. The molecule has 0 spiro atoms. The van der Waals surface area contributed by atoms with Crippen molar-refractivity contribution in [1.82, 2.24) is 14.3 Å². The van der Waals surface area contributed by atoms with E-state index in [0.29, 0.717) is 37.5 Å². The van der Waals surface area contributed by atoms with E-state index < -0.39 is 27.4 Å². The fourth-order valence-corrected chi connectivity index (χ4v) is 7.08. The summed E-state index contributed by atoms with van der Waals surface area (Å²) in [7, 11) is -3.74. The summed E-state index contributed by atoms with van der Waals surface area (Å²) in [5, 5.41) is 10.3. The van der Waals surface area contributed by atoms with E-state index in [0.717, 1.165) is 36.6 Å². The molecule has 2 unspecified atom stereocenters. The maximum atomic E-state index is 13.2. The van der Waals surface area contributed by atoms with Crippen LogP contribution in [0, 0.1) is 5.92 Å². The molecule has 2 saturated heterocycles. The molecule has 0 bridgehead atoms. The average Bonchev–Trinajstić information content (AvgIpc) is 3.26. The second-order valence-corrected chi connectivity index (χ2v) is 12.3. The number of hydrogen-bond donors (Lipinski definition) is 2. The van der Waals surface area contributed by atoms with Crippen molar-refractivity contribution in [1.29, 1.82) is 0 Å². The molecule has 2 atom stereocenters. The van der Waals surface area contributed by atoms with E-state index in [9.17, 15) is 26.7 Å². The topological polar surface area (TPSA) is 122 Å². The molecule has 0 aliphatic carbocycles. The Kier molecular flexibility index (Phi) is 7.31. The molecule has 9 nitrogen and oxygen atoms in total. The lowest BCUT2D eigenvalue weighted by Crippen LogP contribution is -2.56. The molecule has 2 aliphatic rings. The van der Waals surface area contributed by atoms with Crippen LogP contribution in [-0.2, 0) is 20.4 Å². The lowest BCUT2D eigenvalue weighted by molar-refractivity contribution is -0.259. The number of sulfonamides is 1. The Hall–Kier alpha value is -2.00. The van der Waals surface area contributed by atoms with Gasteiger partial charge in [0, 0.05) is 56.8 Å². The van der Waals surface area contributed by atoms with Gasteiger partial charge in [-0.1, -0.05) is 0 Å². The number of nitrogen functional groups attached to an aromatic ring is 1. The Balaban J connectivity index is 1.58. The first-order valence-electron chi connectivity index (χ1n) is 11.2. The minimum absolute atomic E-state index is 0.162. The Morgan fingerprint density at radius 2 is 1.86 bits per heavy atom. The first-order chi connectivity index (χ1) is 16.4. The van der Waals surface area contributed by atoms with Crippen LogP contribution in [0.5, 0.6) is 0 Å². The van der Waals surface area contributed by atoms with E-state index in [1.165, 1.54) is 10.4 Å². The van der Waals surface area contributed by atoms with Crippen LogP contribution in [-0.4, -0.2) is 72.9 Å². The third kappa shape index (κ3) is 5.40. The number of halogens is 3. The van der Waals surface area contributed by atoms with Gasteiger partial charge < -0.3 is 20.5 Å². The molecule has 14 heteroatoms. The molecular formula is C21H28F3N5O4S2. The minimum atomic E-state index is -4.88. The van der Waals surface area contributed by atoms with E-state index in [4.69, 9.17) is 10.5 Å². The highest BCUT2D eigenvalue weighted by Gasteiger charge is 2.51. The van der Waals surface area contributed by atoms with Gasteiger partial charge in [-0.15, -0.1) is 11.3 Å². The third-order valence-electron chi connectivity index (χ3n) is 6.60. The highest BCUT2D eigenvalue weighted by molar-refractivity contribution is 7.91. The molecule has 4 rings (SSSR count). The zero-order chi connectivity index (χ0) is 25.4. The maximum Gasteiger partial charge on any atom is 0.421 e. The van der Waals surface area contributed by atoms with Gasteiger partial charge in [0.25, 0.3) is 10.0 Å². The van der Waals surface area contributed by atoms with Crippen molar-refractivity contribution in [2.24, 2.45) is 5.92 Å². The number of rotatable bonds is 6. The van der Waals surface area contributed by atoms with Crippen molar-refractivity contribution in [3.05, 3.63) is 30.1 Å². The van der Waals surface area contributed by atoms with Gasteiger partial charge in [-0.2, -0.15) is 17.5 Å². The molecule has 35 heavy (non-hydrogen) atoms. The second-order valence-electron chi connectivity index (χ2n) is 9.00. The number of hydrogen-bond acceptors (Lipinski definition) is 9. The number of aromatic nitrogens is 2. The van der Waals surface area contributed by atoms with E-state index >= 15 is 0 Å². The molecule has 2 aliphatic heterocycles. The maximum absolute atomic E-state index is 13.2. The summed E-state index contributed by atoms with van der Waals surface area (Å²) < 4.78 is 73.0. The molecule has 2 aromatic heterocycles. The van der Waals surface area contributed by atoms with Crippen molar-refractivity contribution in [2.75, 3.05) is 43.5 Å². The van der Waals surface area contributed by atoms with E-state index in [2.05, 4.69) is 9.97 Å². The summed E-state index contributed by atoms with van der Waals surface area (Å²) in [6.45, 7) is 2.53. The summed E-state index contributed by atoms with van der Waals surface area (Å²) in [5.41, 5.74) is 2.19. The standard InChI is InChI=1S/C21H28F3N5O4S2/c1-20(30,21(22,23)24)15-11-26-19(27-12-15)29-7-6-28(35(31,32)18-3-2-17(25)34-18)13-16(29)10-14-4-8-33-9-5-14/h2-3,11-12,14,16,30H,4-10,13,25H2,1H3. The van der Waals surface area contributed by atoms with Crippen molar-refractivity contribution in [3.63, 3.8) is 0 Å². The molecule has 4 heterocycles. The summed E-state index contributed by atoms with van der Waals surface area (Å²) in [6.07, 6.45) is -0.598. The monoisotopic (exact) mass is 535 g/mol. The van der Waals surface area contributed by atoms with Gasteiger partial charge in [-0.05, 0) is 44.2 Å². The largest absolute Gasteiger partial charge is 0.421 e. The van der Waals surface area contributed by atoms with Crippen LogP contribution in [0.1, 0.15) is 31.7 Å². The number of anilines is 2. The number of aliphatic hydroxyl groups is 1. The van der Waals surface area contributed by atoms with Gasteiger partial charge in [-0.25, -0.2) is 18.4 Å². The van der Waals surface area contributed by atoms with Gasteiger partial charge in [0.15, 0.2) is 5.60 Å². The zero-order valence-corrected chi connectivity index (χ0v) is 20.7. The van der Waals surface area contributed by atoms with Crippen LogP contribution in [0.4, 0.5) is 24.1 Å². The molecule has 2 fully saturated rings. The molecule has 0 amide bonds. The van der Waals surface area contributed by atoms with Crippen molar-refractivity contribution < 1.29 is 31.4 Å². The normalized spacial score (nSPS) is 22.8. The van der Waals surface area contributed by atoms with Crippen molar-refractivity contribution in [2.45, 2.75) is 48.2 Å². The lowest BCUT2D eigenvalue weighted by Gasteiger charge is -2.42. The number of thiophene rings is 1. The second kappa shape index (κ2) is 9.81. The van der Waals surface area contributed by atoms with Gasteiger partial charge in [-0.3, -0.25) is 0 Å². The zero-order valence-electron chi connectivity index (χ0n) is 19.1. The first-order valence-corrected chi connectivity index (χ1v) is 13.5. The molecule has 0 aromatic carbocycles. The first kappa shape index (κ1) is 26.1. The quantitative estimate of drug-likeness (QED) is 0.579. The number of alkyl halides is 3. The lowest BCUT2D eigenvalue weighted by atomic mass is 9.91. The van der Waals surface area contributed by atoms with Crippen LogP contribution in [0.2, 0.25) is 0 Å². The highest BCUT2D eigenvalue weighted by atomic mass is 32.2. The van der Waals surface area contributed by atoms with E-state index in [1.54, 1.807) is 6.07 Å². The SMILES string of the molecule is CC(O)(c1cnc(N2CCN(S(=O)(=O)c3ccc(N)s3)CC2CC2CCOCC2)nc1)C(F)(F)F. The van der Waals surface area contributed by atoms with Crippen LogP contribution in [0.15, 0.2) is 28.7 Å². The van der Waals surface area contributed by atoms with Crippen LogP contribution in [0.25, 0.3) is 0 Å². The average molecular weight is 536 g/mol. The van der Waals surface area contributed by atoms with Gasteiger partial charge >= 0.3 is 6.18 Å². The van der Waals surface area contributed by atoms with E-state index in [-0.39, 0.29) is 35.8 Å². The highest BCUT2D eigenvalue weighted by Crippen LogP contribution is 2.38. The minimum Gasteiger partial charge on any atom is -0.391 e. The number of ether oxygens (including phenoxy) is 1. The molecule has 0 radical (unpaired) electrons. The Bertz CT molecular complexity index is 1120. The molecule has 194 valence electrons. The van der Waals surface area contributed by atoms with Crippen LogP contribution < -0.4 is 10.6 Å². The fourth-order valence-electron chi connectivity index (χ4n) is 4.36. The van der Waals surface area contributed by atoms with E-state index in [1.807, 2.05) is 4.90 Å². The smallest absolute Gasteiger partial charge is 0.391 e. The predicted molar refractivity (Wildman–Crippen MR) is 124 cm³/mol.